The van der Waals surface area contributed by atoms with Crippen molar-refractivity contribution < 1.29 is 14.3 Å². The van der Waals surface area contributed by atoms with Crippen molar-refractivity contribution in [3.63, 3.8) is 0 Å². The van der Waals surface area contributed by atoms with Crippen molar-refractivity contribution in [3.8, 4) is 0 Å². The Kier molecular flexibility index (Phi) is 10.1. The number of ketones is 1. The summed E-state index contributed by atoms with van der Waals surface area (Å²) in [6, 6.07) is 0. The van der Waals surface area contributed by atoms with Crippen molar-refractivity contribution >= 4 is 27.7 Å². The lowest BCUT2D eigenvalue weighted by Crippen LogP contribution is -2.17. The van der Waals surface area contributed by atoms with Crippen molar-refractivity contribution in [2.24, 2.45) is 0 Å². The van der Waals surface area contributed by atoms with E-state index >= 15 is 0 Å². The first-order valence-corrected chi connectivity index (χ1v) is 7.25. The van der Waals surface area contributed by atoms with Crippen LogP contribution in [0.4, 0.5) is 0 Å². The molecule has 0 aliphatic rings. The first-order chi connectivity index (χ1) is 8.17. The van der Waals surface area contributed by atoms with Gasteiger partial charge in [-0.2, -0.15) is 0 Å². The van der Waals surface area contributed by atoms with Gasteiger partial charge in [-0.05, 0) is 19.3 Å². The number of carbonyl (C=O) groups is 2. The molecule has 0 spiro atoms. The van der Waals surface area contributed by atoms with Crippen LogP contribution in [0.2, 0.25) is 0 Å². The first kappa shape index (κ1) is 16.4. The molecule has 98 valence electrons. The van der Waals surface area contributed by atoms with Gasteiger partial charge in [-0.15, -0.1) is 0 Å². The van der Waals surface area contributed by atoms with E-state index in [1.807, 2.05) is 6.92 Å². The highest BCUT2D eigenvalue weighted by atomic mass is 79.9. The smallest absolute Gasteiger partial charge is 0.341 e. The van der Waals surface area contributed by atoms with Crippen LogP contribution in [0.1, 0.15) is 46.0 Å². The monoisotopic (exact) mass is 304 g/mol. The van der Waals surface area contributed by atoms with Gasteiger partial charge in [0.25, 0.3) is 0 Å². The highest BCUT2D eigenvalue weighted by molar-refractivity contribution is 9.09. The molecule has 0 aromatic rings. The van der Waals surface area contributed by atoms with Gasteiger partial charge in [-0.1, -0.05) is 48.7 Å². The number of esters is 1. The Morgan fingerprint density at radius 2 is 1.88 bits per heavy atom. The van der Waals surface area contributed by atoms with E-state index in [2.05, 4.69) is 22.9 Å². The Balaban J connectivity index is 4.41. The van der Waals surface area contributed by atoms with Crippen LogP contribution >= 0.6 is 15.9 Å². The van der Waals surface area contributed by atoms with Crippen molar-refractivity contribution in [1.29, 1.82) is 0 Å². The summed E-state index contributed by atoms with van der Waals surface area (Å²) in [5.41, 5.74) is 0.187. The third-order valence-corrected chi connectivity index (χ3v) is 2.74. The van der Waals surface area contributed by atoms with E-state index in [1.54, 1.807) is 6.08 Å². The molecule has 0 heterocycles. The minimum atomic E-state index is -0.493. The summed E-state index contributed by atoms with van der Waals surface area (Å²) < 4.78 is 4.98. The molecule has 4 heteroatoms. The number of unbranched alkanes of at least 4 members (excludes halogenated alkanes) is 3. The molecule has 0 unspecified atom stereocenters. The molecule has 3 nitrogen and oxygen atoms in total. The molecule has 0 aliphatic carbocycles. The van der Waals surface area contributed by atoms with Gasteiger partial charge >= 0.3 is 5.97 Å². The van der Waals surface area contributed by atoms with Crippen molar-refractivity contribution in [2.45, 2.75) is 46.0 Å². The Bertz CT molecular complexity index is 272. The van der Waals surface area contributed by atoms with E-state index in [4.69, 9.17) is 4.74 Å². The van der Waals surface area contributed by atoms with Gasteiger partial charge in [0.2, 0.25) is 0 Å². The maximum Gasteiger partial charge on any atom is 0.341 e. The van der Waals surface area contributed by atoms with E-state index in [0.717, 1.165) is 32.1 Å². The molecular weight excluding hydrogens is 284 g/mol. The predicted molar refractivity (Wildman–Crippen MR) is 72.3 cm³/mol. The number of hydrogen-bond acceptors (Lipinski definition) is 3. The minimum absolute atomic E-state index is 0.161. The van der Waals surface area contributed by atoms with E-state index in [-0.39, 0.29) is 16.7 Å². The van der Waals surface area contributed by atoms with Gasteiger partial charge in [-0.3, -0.25) is 4.79 Å². The van der Waals surface area contributed by atoms with E-state index in [9.17, 15) is 9.59 Å². The maximum absolute atomic E-state index is 11.6. The molecule has 0 aromatic carbocycles. The molecule has 0 saturated carbocycles. The normalized spacial score (nSPS) is 11.4. The lowest BCUT2D eigenvalue weighted by atomic mass is 10.1. The van der Waals surface area contributed by atoms with E-state index in [1.165, 1.54) is 0 Å². The number of rotatable bonds is 9. The van der Waals surface area contributed by atoms with Crippen LogP contribution < -0.4 is 0 Å². The van der Waals surface area contributed by atoms with Crippen LogP contribution in [0, 0.1) is 0 Å². The van der Waals surface area contributed by atoms with Crippen molar-refractivity contribution in [1.82, 2.24) is 0 Å². The van der Waals surface area contributed by atoms with Crippen LogP contribution in [0.5, 0.6) is 0 Å². The average molecular weight is 305 g/mol. The summed E-state index contributed by atoms with van der Waals surface area (Å²) in [7, 11) is 0. The number of hydrogen-bond donors (Lipinski definition) is 0. The fourth-order valence-electron chi connectivity index (χ4n) is 1.30. The molecule has 0 radical (unpaired) electrons. The Morgan fingerprint density at radius 3 is 2.41 bits per heavy atom. The minimum Gasteiger partial charge on any atom is -0.462 e. The summed E-state index contributed by atoms with van der Waals surface area (Å²) >= 11 is 3.08. The van der Waals surface area contributed by atoms with E-state index < -0.39 is 5.97 Å². The van der Waals surface area contributed by atoms with Gasteiger partial charge in [-0.25, -0.2) is 4.79 Å². The van der Waals surface area contributed by atoms with Gasteiger partial charge < -0.3 is 4.74 Å². The van der Waals surface area contributed by atoms with Crippen molar-refractivity contribution in [2.75, 3.05) is 11.9 Å². The standard InChI is InChI=1S/C13H21BrO3/c1-3-5-6-7-8-11(12(15)10-14)13(16)17-9-4-2/h8H,3-7,9-10H2,1-2H3/b11-8+. The molecule has 0 atom stereocenters. The molecular formula is C13H21BrO3. The van der Waals surface area contributed by atoms with Gasteiger partial charge in [0.1, 0.15) is 0 Å². The van der Waals surface area contributed by atoms with Crippen LogP contribution in [0.25, 0.3) is 0 Å². The maximum atomic E-state index is 11.6. The van der Waals surface area contributed by atoms with Crippen LogP contribution in [0.3, 0.4) is 0 Å². The second-order valence-electron chi connectivity index (χ2n) is 3.81. The van der Waals surface area contributed by atoms with Gasteiger partial charge in [0.05, 0.1) is 17.5 Å². The van der Waals surface area contributed by atoms with Gasteiger partial charge in [0, 0.05) is 0 Å². The summed E-state index contributed by atoms with van der Waals surface area (Å²) in [5.74, 6) is -0.699. The zero-order chi connectivity index (χ0) is 13.1. The Morgan fingerprint density at radius 1 is 1.18 bits per heavy atom. The third kappa shape index (κ3) is 7.31. The van der Waals surface area contributed by atoms with Crippen LogP contribution in [-0.4, -0.2) is 23.7 Å². The number of Topliss-reactive ketones (excluding diaryl/α,β-unsaturated/α-hetero) is 1. The highest BCUT2D eigenvalue weighted by Crippen LogP contribution is 2.08. The average Bonchev–Trinajstić information content (AvgIpc) is 2.35. The summed E-state index contributed by atoms with van der Waals surface area (Å²) in [5, 5.41) is 0.161. The number of carbonyl (C=O) groups excluding carboxylic acids is 2. The highest BCUT2D eigenvalue weighted by Gasteiger charge is 2.17. The topological polar surface area (TPSA) is 43.4 Å². The number of halogens is 1. The summed E-state index contributed by atoms with van der Waals surface area (Å²) in [4.78, 5) is 23.2. The Hall–Kier alpha value is -0.640. The summed E-state index contributed by atoms with van der Waals surface area (Å²) in [6.07, 6.45) is 6.44. The molecule has 0 rings (SSSR count). The Labute approximate surface area is 112 Å². The third-order valence-electron chi connectivity index (χ3n) is 2.24. The molecule has 0 fully saturated rings. The molecule has 0 N–H and O–H groups in total. The number of allylic oxidation sites excluding steroid dienone is 1. The van der Waals surface area contributed by atoms with Crippen LogP contribution in [-0.2, 0) is 14.3 Å². The zero-order valence-electron chi connectivity index (χ0n) is 10.6. The quantitative estimate of drug-likeness (QED) is 0.164. The number of alkyl halides is 1. The second-order valence-corrected chi connectivity index (χ2v) is 4.37. The number of ether oxygens (including phenoxy) is 1. The summed E-state index contributed by atoms with van der Waals surface area (Å²) in [6.45, 7) is 4.40. The SMILES string of the molecule is CCCCC/C=C(\C(=O)CBr)C(=O)OCCC. The lowest BCUT2D eigenvalue weighted by Gasteiger charge is -2.05. The first-order valence-electron chi connectivity index (χ1n) is 6.13. The molecule has 0 saturated heterocycles. The molecule has 17 heavy (non-hydrogen) atoms. The lowest BCUT2D eigenvalue weighted by molar-refractivity contribution is -0.140. The fraction of sp³-hybridized carbons (Fsp3) is 0.692. The predicted octanol–water partition coefficient (Wildman–Crippen LogP) is 3.41. The van der Waals surface area contributed by atoms with Gasteiger partial charge in [0.15, 0.2) is 5.78 Å². The molecule has 0 amide bonds. The molecule has 0 bridgehead atoms. The molecule has 0 aromatic heterocycles. The van der Waals surface area contributed by atoms with Crippen molar-refractivity contribution in [3.05, 3.63) is 11.6 Å². The van der Waals surface area contributed by atoms with Crippen LogP contribution in [0.15, 0.2) is 11.6 Å². The van der Waals surface area contributed by atoms with E-state index in [0.29, 0.717) is 6.61 Å². The fourth-order valence-corrected chi connectivity index (χ4v) is 1.60. The largest absolute Gasteiger partial charge is 0.462 e. The molecule has 0 aliphatic heterocycles. The second kappa shape index (κ2) is 10.5. The zero-order valence-corrected chi connectivity index (χ0v) is 12.2.